The first-order valence-corrected chi connectivity index (χ1v) is 13.0. The summed E-state index contributed by atoms with van der Waals surface area (Å²) >= 11 is 0. The Morgan fingerprint density at radius 1 is 0.808 bits per heavy atom. The Bertz CT molecular complexity index is 876. The van der Waals surface area contributed by atoms with Crippen LogP contribution in [0.3, 0.4) is 0 Å². The maximum atomic E-state index is 4.85. The summed E-state index contributed by atoms with van der Waals surface area (Å²) in [6, 6.07) is 21.6. The molecule has 0 aliphatic carbocycles. The quantitative estimate of drug-likeness (QED) is 0.497. The molecular weight excluding hydrogens is 330 g/mol. The zero-order chi connectivity index (χ0) is 18.7. The van der Waals surface area contributed by atoms with Gasteiger partial charge in [-0.15, -0.1) is 0 Å². The summed E-state index contributed by atoms with van der Waals surface area (Å²) in [4.78, 5) is 4.85. The molecule has 3 aromatic rings. The third-order valence-corrected chi connectivity index (χ3v) is 6.76. The first kappa shape index (κ1) is 18.6. The molecule has 2 heteroatoms. The predicted octanol–water partition coefficient (Wildman–Crippen LogP) is 6.16. The van der Waals surface area contributed by atoms with Crippen molar-refractivity contribution >= 4 is 13.3 Å². The van der Waals surface area contributed by atoms with E-state index in [1.807, 2.05) is 0 Å². The molecule has 0 radical (unpaired) electrons. The van der Waals surface area contributed by atoms with Crippen LogP contribution in [0.4, 0.5) is 0 Å². The number of aromatic nitrogens is 1. The van der Waals surface area contributed by atoms with E-state index in [1.165, 1.54) is 27.4 Å². The van der Waals surface area contributed by atoms with Gasteiger partial charge in [0.05, 0.1) is 13.8 Å². The van der Waals surface area contributed by atoms with Crippen LogP contribution in [0.25, 0.3) is 22.4 Å². The van der Waals surface area contributed by atoms with Crippen molar-refractivity contribution in [3.8, 4) is 22.4 Å². The first-order chi connectivity index (χ1) is 12.3. The van der Waals surface area contributed by atoms with E-state index in [0.717, 1.165) is 12.1 Å². The fourth-order valence-electron chi connectivity index (χ4n) is 3.43. The van der Waals surface area contributed by atoms with Crippen molar-refractivity contribution in [1.29, 1.82) is 0 Å². The minimum absolute atomic E-state index is 0.649. The lowest BCUT2D eigenvalue weighted by Crippen LogP contribution is -2.40. The topological polar surface area (TPSA) is 12.9 Å². The maximum Gasteiger partial charge on any atom is 0.0799 e. The lowest BCUT2D eigenvalue weighted by molar-refractivity contribution is 0.649. The van der Waals surface area contributed by atoms with Crippen molar-refractivity contribution in [3.05, 3.63) is 72.4 Å². The summed E-state index contributed by atoms with van der Waals surface area (Å²) < 4.78 is 0. The third-order valence-electron chi connectivity index (χ3n) is 4.69. The molecule has 0 atom stereocenters. The molecule has 0 amide bonds. The molecule has 0 fully saturated rings. The minimum Gasteiger partial charge on any atom is -0.256 e. The van der Waals surface area contributed by atoms with Crippen LogP contribution < -0.4 is 5.19 Å². The summed E-state index contributed by atoms with van der Waals surface area (Å²) in [5.41, 5.74) is 6.24. The van der Waals surface area contributed by atoms with E-state index in [2.05, 4.69) is 100 Å². The Kier molecular flexibility index (Phi) is 5.43. The van der Waals surface area contributed by atoms with Crippen LogP contribution in [0.5, 0.6) is 0 Å². The van der Waals surface area contributed by atoms with Gasteiger partial charge in [-0.3, -0.25) is 4.98 Å². The van der Waals surface area contributed by atoms with Crippen molar-refractivity contribution in [2.75, 3.05) is 0 Å². The van der Waals surface area contributed by atoms with E-state index in [-0.39, 0.29) is 0 Å². The third kappa shape index (κ3) is 4.31. The average Bonchev–Trinajstić information content (AvgIpc) is 2.61. The zero-order valence-electron chi connectivity index (χ0n) is 16.6. The van der Waals surface area contributed by atoms with Gasteiger partial charge < -0.3 is 0 Å². The Morgan fingerprint density at radius 2 is 1.46 bits per heavy atom. The van der Waals surface area contributed by atoms with Crippen LogP contribution in [0, 0.1) is 5.92 Å². The first-order valence-electron chi connectivity index (χ1n) is 9.50. The molecule has 0 aliphatic rings. The van der Waals surface area contributed by atoms with Crippen LogP contribution in [0.15, 0.2) is 66.9 Å². The van der Waals surface area contributed by atoms with E-state index in [4.69, 9.17) is 4.98 Å². The molecule has 26 heavy (non-hydrogen) atoms. The predicted molar refractivity (Wildman–Crippen MR) is 117 cm³/mol. The molecule has 0 spiro atoms. The van der Waals surface area contributed by atoms with Gasteiger partial charge in [-0.1, -0.05) is 82.0 Å². The molecular formula is C24H29NSi. The van der Waals surface area contributed by atoms with Crippen molar-refractivity contribution in [2.24, 2.45) is 5.92 Å². The van der Waals surface area contributed by atoms with Gasteiger partial charge in [0.2, 0.25) is 0 Å². The molecule has 0 saturated heterocycles. The van der Waals surface area contributed by atoms with Gasteiger partial charge in [-0.05, 0) is 46.3 Å². The Morgan fingerprint density at radius 3 is 2.12 bits per heavy atom. The molecule has 0 saturated carbocycles. The fraction of sp³-hybridized carbons (Fsp3) is 0.292. The normalized spacial score (nSPS) is 11.8. The molecule has 2 aromatic carbocycles. The molecule has 0 N–H and O–H groups in total. The summed E-state index contributed by atoms with van der Waals surface area (Å²) in [5.74, 6) is 0.649. The average molecular weight is 360 g/mol. The smallest absolute Gasteiger partial charge is 0.0799 e. The number of benzene rings is 2. The molecule has 1 aromatic heterocycles. The van der Waals surface area contributed by atoms with E-state index in [1.54, 1.807) is 0 Å². The Labute approximate surface area is 159 Å². The number of hydrogen-bond donors (Lipinski definition) is 0. The van der Waals surface area contributed by atoms with E-state index < -0.39 is 8.07 Å². The highest BCUT2D eigenvalue weighted by molar-refractivity contribution is 6.89. The van der Waals surface area contributed by atoms with E-state index in [0.29, 0.717) is 5.92 Å². The van der Waals surface area contributed by atoms with Gasteiger partial charge in [0.1, 0.15) is 0 Å². The van der Waals surface area contributed by atoms with E-state index in [9.17, 15) is 0 Å². The standard InChI is InChI=1S/C24H29NSi/c1-18(2)14-22-16-23(25-17-24(22)26(3,4)5)21-13-9-12-20(15-21)19-10-7-6-8-11-19/h6-13,15-18H,14H2,1-5H3. The molecule has 0 unspecified atom stereocenters. The number of hydrogen-bond acceptors (Lipinski definition) is 1. The van der Waals surface area contributed by atoms with Crippen LogP contribution in [-0.4, -0.2) is 13.1 Å². The highest BCUT2D eigenvalue weighted by atomic mass is 28.3. The van der Waals surface area contributed by atoms with Crippen molar-refractivity contribution in [2.45, 2.75) is 39.9 Å². The van der Waals surface area contributed by atoms with Crippen molar-refractivity contribution in [3.63, 3.8) is 0 Å². The lowest BCUT2D eigenvalue weighted by Gasteiger charge is -2.22. The zero-order valence-corrected chi connectivity index (χ0v) is 17.6. The second-order valence-electron chi connectivity index (χ2n) is 8.52. The van der Waals surface area contributed by atoms with Gasteiger partial charge in [0, 0.05) is 11.8 Å². The van der Waals surface area contributed by atoms with Crippen molar-refractivity contribution in [1.82, 2.24) is 4.98 Å². The van der Waals surface area contributed by atoms with Gasteiger partial charge >= 0.3 is 0 Å². The second kappa shape index (κ2) is 7.59. The monoisotopic (exact) mass is 359 g/mol. The highest BCUT2D eigenvalue weighted by Gasteiger charge is 2.21. The molecule has 1 heterocycles. The van der Waals surface area contributed by atoms with Gasteiger partial charge in [-0.2, -0.15) is 0 Å². The number of pyridine rings is 1. The van der Waals surface area contributed by atoms with Crippen LogP contribution >= 0.6 is 0 Å². The molecule has 134 valence electrons. The van der Waals surface area contributed by atoms with Gasteiger partial charge in [-0.25, -0.2) is 0 Å². The molecule has 0 bridgehead atoms. The van der Waals surface area contributed by atoms with Crippen LogP contribution in [0.2, 0.25) is 19.6 Å². The summed E-state index contributed by atoms with van der Waals surface area (Å²) in [7, 11) is -1.39. The molecule has 1 nitrogen and oxygen atoms in total. The van der Waals surface area contributed by atoms with Gasteiger partial charge in [0.15, 0.2) is 0 Å². The molecule has 3 rings (SSSR count). The van der Waals surface area contributed by atoms with Crippen molar-refractivity contribution < 1.29 is 0 Å². The largest absolute Gasteiger partial charge is 0.256 e. The SMILES string of the molecule is CC(C)Cc1cc(-c2cccc(-c3ccccc3)c2)ncc1[Si](C)(C)C. The highest BCUT2D eigenvalue weighted by Crippen LogP contribution is 2.26. The van der Waals surface area contributed by atoms with Crippen LogP contribution in [-0.2, 0) is 6.42 Å². The summed E-state index contributed by atoms with van der Waals surface area (Å²) in [5, 5.41) is 1.49. The number of rotatable bonds is 5. The van der Waals surface area contributed by atoms with Crippen LogP contribution in [0.1, 0.15) is 19.4 Å². The lowest BCUT2D eigenvalue weighted by atomic mass is 9.99. The van der Waals surface area contributed by atoms with E-state index >= 15 is 0 Å². The fourth-order valence-corrected chi connectivity index (χ4v) is 5.02. The molecule has 0 aliphatic heterocycles. The summed E-state index contributed by atoms with van der Waals surface area (Å²) in [6.45, 7) is 11.8. The minimum atomic E-state index is -1.39. The summed E-state index contributed by atoms with van der Waals surface area (Å²) in [6.07, 6.45) is 3.27. The Balaban J connectivity index is 2.04. The number of nitrogens with zero attached hydrogens (tertiary/aromatic N) is 1. The maximum absolute atomic E-state index is 4.85. The second-order valence-corrected chi connectivity index (χ2v) is 13.6. The Hall–Kier alpha value is -2.19. The van der Waals surface area contributed by atoms with Gasteiger partial charge in [0.25, 0.3) is 0 Å².